The molecule has 0 heterocycles. The molecule has 0 fully saturated rings. The van der Waals surface area contributed by atoms with Crippen LogP contribution in [0.1, 0.15) is 13.3 Å². The van der Waals surface area contributed by atoms with Crippen LogP contribution in [-0.2, 0) is 0 Å². The molecule has 0 aromatic carbocycles. The van der Waals surface area contributed by atoms with E-state index in [-0.39, 0.29) is 6.42 Å². The lowest BCUT2D eigenvalue weighted by molar-refractivity contribution is 0.207. The van der Waals surface area contributed by atoms with E-state index >= 15 is 0 Å². The van der Waals surface area contributed by atoms with Crippen molar-refractivity contribution in [3.8, 4) is 0 Å². The van der Waals surface area contributed by atoms with Crippen molar-refractivity contribution in [1.82, 2.24) is 5.32 Å². The summed E-state index contributed by atoms with van der Waals surface area (Å²) in [6.45, 7) is 1.34. The average molecular weight is 123 g/mol. The molecule has 0 aromatic rings. The van der Waals surface area contributed by atoms with E-state index in [9.17, 15) is 8.78 Å². The highest BCUT2D eigenvalue weighted by atomic mass is 19.1. The summed E-state index contributed by atoms with van der Waals surface area (Å²) in [4.78, 5) is 0. The minimum Gasteiger partial charge on any atom is -0.291 e. The molecular weight excluding hydrogens is 112 g/mol. The Labute approximate surface area is 48.1 Å². The molecule has 0 rings (SSSR count). The molecule has 0 amide bonds. The van der Waals surface area contributed by atoms with Gasteiger partial charge in [-0.1, -0.05) is 0 Å². The lowest BCUT2D eigenvalue weighted by atomic mass is 10.3. The van der Waals surface area contributed by atoms with E-state index < -0.39 is 12.5 Å². The maximum Gasteiger partial charge on any atom is 0.153 e. The summed E-state index contributed by atoms with van der Waals surface area (Å²) in [7, 11) is 1.47. The van der Waals surface area contributed by atoms with Gasteiger partial charge >= 0.3 is 0 Å². The van der Waals surface area contributed by atoms with Crippen molar-refractivity contribution in [2.75, 3.05) is 7.05 Å². The monoisotopic (exact) mass is 123 g/mol. The SMILES string of the molecule is CNC(F)CC(C)F. The highest BCUT2D eigenvalue weighted by Gasteiger charge is 2.06. The normalized spacial score (nSPS) is 18.0. The van der Waals surface area contributed by atoms with Gasteiger partial charge in [-0.2, -0.15) is 0 Å². The second kappa shape index (κ2) is 3.78. The van der Waals surface area contributed by atoms with Gasteiger partial charge in [0, 0.05) is 6.42 Å². The Balaban J connectivity index is 3.10. The topological polar surface area (TPSA) is 12.0 Å². The van der Waals surface area contributed by atoms with Gasteiger partial charge in [0.25, 0.3) is 0 Å². The first kappa shape index (κ1) is 7.82. The summed E-state index contributed by atoms with van der Waals surface area (Å²) in [5, 5.41) is 2.29. The van der Waals surface area contributed by atoms with Crippen LogP contribution in [0, 0.1) is 0 Å². The van der Waals surface area contributed by atoms with Crippen molar-refractivity contribution in [3.63, 3.8) is 0 Å². The number of hydrogen-bond donors (Lipinski definition) is 1. The Kier molecular flexibility index (Phi) is 3.69. The molecule has 0 radical (unpaired) electrons. The second-order valence-electron chi connectivity index (χ2n) is 1.77. The summed E-state index contributed by atoms with van der Waals surface area (Å²) < 4.78 is 23.9. The van der Waals surface area contributed by atoms with Crippen molar-refractivity contribution in [1.29, 1.82) is 0 Å². The van der Waals surface area contributed by atoms with Gasteiger partial charge < -0.3 is 0 Å². The van der Waals surface area contributed by atoms with E-state index in [1.54, 1.807) is 0 Å². The van der Waals surface area contributed by atoms with E-state index in [2.05, 4.69) is 5.32 Å². The predicted octanol–water partition coefficient (Wildman–Crippen LogP) is 1.25. The lowest BCUT2D eigenvalue weighted by Gasteiger charge is -2.05. The zero-order valence-corrected chi connectivity index (χ0v) is 5.12. The van der Waals surface area contributed by atoms with E-state index in [0.29, 0.717) is 0 Å². The molecule has 1 N–H and O–H groups in total. The smallest absolute Gasteiger partial charge is 0.153 e. The van der Waals surface area contributed by atoms with E-state index in [0.717, 1.165) is 0 Å². The van der Waals surface area contributed by atoms with E-state index in [4.69, 9.17) is 0 Å². The van der Waals surface area contributed by atoms with Gasteiger partial charge in [-0.3, -0.25) is 5.32 Å². The summed E-state index contributed by atoms with van der Waals surface area (Å²) in [5.74, 6) is 0. The zero-order chi connectivity index (χ0) is 6.57. The highest BCUT2D eigenvalue weighted by Crippen LogP contribution is 2.00. The van der Waals surface area contributed by atoms with Crippen LogP contribution in [0.5, 0.6) is 0 Å². The van der Waals surface area contributed by atoms with Crippen LogP contribution in [0.2, 0.25) is 0 Å². The van der Waals surface area contributed by atoms with Crippen LogP contribution in [0.4, 0.5) is 8.78 Å². The maximum absolute atomic E-state index is 12.0. The molecule has 0 saturated carbocycles. The maximum atomic E-state index is 12.0. The summed E-state index contributed by atoms with van der Waals surface area (Å²) in [6.07, 6.45) is -2.32. The molecule has 0 spiro atoms. The van der Waals surface area contributed by atoms with Crippen LogP contribution < -0.4 is 5.32 Å². The largest absolute Gasteiger partial charge is 0.291 e. The van der Waals surface area contributed by atoms with Crippen molar-refractivity contribution in [3.05, 3.63) is 0 Å². The molecule has 2 unspecified atom stereocenters. The fraction of sp³-hybridized carbons (Fsp3) is 1.00. The van der Waals surface area contributed by atoms with Crippen molar-refractivity contribution >= 4 is 0 Å². The molecule has 50 valence electrons. The van der Waals surface area contributed by atoms with Gasteiger partial charge in [0.2, 0.25) is 0 Å². The fourth-order valence-corrected chi connectivity index (χ4v) is 0.403. The lowest BCUT2D eigenvalue weighted by Crippen LogP contribution is -2.22. The molecule has 0 aliphatic heterocycles. The minimum absolute atomic E-state index is 0.0590. The number of rotatable bonds is 3. The van der Waals surface area contributed by atoms with Crippen LogP contribution in [0.3, 0.4) is 0 Å². The molecule has 8 heavy (non-hydrogen) atoms. The molecule has 2 atom stereocenters. The minimum atomic E-state index is -1.20. The van der Waals surface area contributed by atoms with Crippen LogP contribution >= 0.6 is 0 Å². The van der Waals surface area contributed by atoms with Gasteiger partial charge in [-0.05, 0) is 14.0 Å². The van der Waals surface area contributed by atoms with Crippen molar-refractivity contribution in [2.45, 2.75) is 25.8 Å². The Morgan fingerprint density at radius 1 is 1.50 bits per heavy atom. The van der Waals surface area contributed by atoms with Crippen molar-refractivity contribution < 1.29 is 8.78 Å². The number of alkyl halides is 2. The Morgan fingerprint density at radius 3 is 2.12 bits per heavy atom. The average Bonchev–Trinajstić information content (AvgIpc) is 1.65. The van der Waals surface area contributed by atoms with Gasteiger partial charge in [0.15, 0.2) is 6.30 Å². The standard InChI is InChI=1S/C5H11F2N/c1-4(6)3-5(7)8-2/h4-5,8H,3H2,1-2H3. The molecule has 0 saturated heterocycles. The molecule has 3 heteroatoms. The van der Waals surface area contributed by atoms with Gasteiger partial charge in [0.05, 0.1) is 0 Å². The van der Waals surface area contributed by atoms with E-state index in [1.165, 1.54) is 14.0 Å². The summed E-state index contributed by atoms with van der Waals surface area (Å²) in [5.41, 5.74) is 0. The quantitative estimate of drug-likeness (QED) is 0.557. The van der Waals surface area contributed by atoms with Crippen LogP contribution in [-0.4, -0.2) is 19.5 Å². The second-order valence-corrected chi connectivity index (χ2v) is 1.77. The van der Waals surface area contributed by atoms with Crippen LogP contribution in [0.25, 0.3) is 0 Å². The third-order valence-corrected chi connectivity index (χ3v) is 0.845. The van der Waals surface area contributed by atoms with Gasteiger partial charge in [-0.25, -0.2) is 8.78 Å². The number of nitrogens with one attached hydrogen (secondary N) is 1. The highest BCUT2D eigenvalue weighted by molar-refractivity contribution is 4.54. The third-order valence-electron chi connectivity index (χ3n) is 0.845. The first-order chi connectivity index (χ1) is 3.66. The Morgan fingerprint density at radius 2 is 2.00 bits per heavy atom. The summed E-state index contributed by atoms with van der Waals surface area (Å²) >= 11 is 0. The van der Waals surface area contributed by atoms with E-state index in [1.807, 2.05) is 0 Å². The van der Waals surface area contributed by atoms with Crippen LogP contribution in [0.15, 0.2) is 0 Å². The third kappa shape index (κ3) is 3.99. The van der Waals surface area contributed by atoms with Gasteiger partial charge in [-0.15, -0.1) is 0 Å². The molecule has 0 aromatic heterocycles. The molecule has 1 nitrogen and oxygen atoms in total. The number of hydrogen-bond acceptors (Lipinski definition) is 1. The fourth-order valence-electron chi connectivity index (χ4n) is 0.403. The van der Waals surface area contributed by atoms with Crippen molar-refractivity contribution in [2.24, 2.45) is 0 Å². The predicted molar refractivity (Wildman–Crippen MR) is 29.1 cm³/mol. The number of halogens is 2. The summed E-state index contributed by atoms with van der Waals surface area (Å²) in [6, 6.07) is 0. The molecular formula is C5H11F2N. The first-order valence-electron chi connectivity index (χ1n) is 2.62. The van der Waals surface area contributed by atoms with Gasteiger partial charge in [0.1, 0.15) is 6.17 Å². The molecule has 0 aliphatic carbocycles. The Hall–Kier alpha value is -0.180. The molecule has 0 bridgehead atoms. The zero-order valence-electron chi connectivity index (χ0n) is 5.12. The Bertz CT molecular complexity index is 56.4. The molecule has 0 aliphatic rings. The first-order valence-corrected chi connectivity index (χ1v) is 2.62.